The number of benzene rings is 7. The van der Waals surface area contributed by atoms with Crippen LogP contribution in [0.15, 0.2) is 182 Å². The molecule has 7 aromatic carbocycles. The van der Waals surface area contributed by atoms with Gasteiger partial charge in [-0.2, -0.15) is 0 Å². The maximum atomic E-state index is 4.85. The van der Waals surface area contributed by atoms with Crippen molar-refractivity contribution in [3.05, 3.63) is 182 Å². The summed E-state index contributed by atoms with van der Waals surface area (Å²) in [5.74, 6) is 0. The predicted octanol–water partition coefficient (Wildman–Crippen LogP) is 13.1. The lowest BCUT2D eigenvalue weighted by atomic mass is 9.99. The average Bonchev–Trinajstić information content (AvgIpc) is 3.56. The number of rotatable bonds is 6. The summed E-state index contributed by atoms with van der Waals surface area (Å²) in [4.78, 5) is 7.24. The quantitative estimate of drug-likeness (QED) is 0.182. The average molecular weight is 631 g/mol. The van der Waals surface area contributed by atoms with Gasteiger partial charge in [0.1, 0.15) is 0 Å². The minimum absolute atomic E-state index is 1.07. The van der Waals surface area contributed by atoms with E-state index in [1.165, 1.54) is 64.3 Å². The van der Waals surface area contributed by atoms with E-state index in [2.05, 4.69) is 175 Å². The Morgan fingerprint density at radius 2 is 0.958 bits per heavy atom. The van der Waals surface area contributed by atoms with E-state index in [4.69, 9.17) is 4.98 Å². The lowest BCUT2D eigenvalue weighted by Gasteiger charge is -2.28. The molecule has 0 atom stereocenters. The second-order valence-corrected chi connectivity index (χ2v) is 13.0. The molecule has 2 nitrogen and oxygen atoms in total. The molecule has 2 heterocycles. The largest absolute Gasteiger partial charge is 0.307 e. The number of hydrogen-bond acceptors (Lipinski definition) is 3. The zero-order valence-electron chi connectivity index (χ0n) is 26.1. The highest BCUT2D eigenvalue weighted by Crippen LogP contribution is 2.48. The van der Waals surface area contributed by atoms with Crippen LogP contribution >= 0.6 is 11.3 Å². The van der Waals surface area contributed by atoms with Gasteiger partial charge in [0.2, 0.25) is 0 Å². The van der Waals surface area contributed by atoms with E-state index in [0.717, 1.165) is 17.1 Å². The third kappa shape index (κ3) is 4.93. The first-order chi connectivity index (χ1) is 23.8. The molecule has 9 rings (SSSR count). The number of anilines is 3. The Morgan fingerprint density at radius 3 is 1.69 bits per heavy atom. The van der Waals surface area contributed by atoms with Crippen molar-refractivity contribution in [3.63, 3.8) is 0 Å². The molecule has 3 heteroatoms. The first kappa shape index (κ1) is 28.2. The molecule has 226 valence electrons. The molecule has 0 aliphatic heterocycles. The first-order valence-corrected chi connectivity index (χ1v) is 17.0. The van der Waals surface area contributed by atoms with E-state index in [9.17, 15) is 0 Å². The maximum Gasteiger partial charge on any atom is 0.0825 e. The highest BCUT2D eigenvalue weighted by molar-refractivity contribution is 7.27. The normalized spacial score (nSPS) is 11.3. The molecule has 0 spiro atoms. The van der Waals surface area contributed by atoms with Crippen LogP contribution in [0.25, 0.3) is 64.3 Å². The molecule has 0 unspecified atom stereocenters. The van der Waals surface area contributed by atoms with Crippen molar-refractivity contribution in [2.45, 2.75) is 0 Å². The Kier molecular flexibility index (Phi) is 7.03. The summed E-state index contributed by atoms with van der Waals surface area (Å²) in [7, 11) is 0. The Bertz CT molecular complexity index is 2540. The standard InChI is InChI=1S/C45H30N2S/c1-3-11-31(12-4-1)32-19-21-33(22-20-32)34-23-26-37(27-24-34)47(42-18-10-9-16-38(42)35-13-5-2-6-14-35)43-30-46-29-41-40-28-25-36-15-7-8-17-39(36)44(40)48-45(41)43/h1-30H. The van der Waals surface area contributed by atoms with Crippen LogP contribution in [0.5, 0.6) is 0 Å². The smallest absolute Gasteiger partial charge is 0.0825 e. The van der Waals surface area contributed by atoms with Crippen molar-refractivity contribution in [1.82, 2.24) is 4.98 Å². The lowest BCUT2D eigenvalue weighted by Crippen LogP contribution is -2.11. The number of fused-ring (bicyclic) bond motifs is 5. The molecule has 0 bridgehead atoms. The van der Waals surface area contributed by atoms with Gasteiger partial charge in [0.25, 0.3) is 0 Å². The topological polar surface area (TPSA) is 16.1 Å². The van der Waals surface area contributed by atoms with E-state index in [-0.39, 0.29) is 0 Å². The van der Waals surface area contributed by atoms with E-state index in [1.807, 2.05) is 23.7 Å². The summed E-state index contributed by atoms with van der Waals surface area (Å²) in [6.45, 7) is 0. The Hall–Kier alpha value is -6.03. The van der Waals surface area contributed by atoms with E-state index in [0.29, 0.717) is 0 Å². The summed E-state index contributed by atoms with van der Waals surface area (Å²) in [6, 6.07) is 60.8. The molecule has 0 aliphatic rings. The molecule has 0 saturated carbocycles. The predicted molar refractivity (Wildman–Crippen MR) is 206 cm³/mol. The molecule has 0 amide bonds. The van der Waals surface area contributed by atoms with Crippen LogP contribution in [-0.2, 0) is 0 Å². The zero-order valence-corrected chi connectivity index (χ0v) is 26.9. The van der Waals surface area contributed by atoms with Gasteiger partial charge in [-0.15, -0.1) is 11.3 Å². The molecule has 0 saturated heterocycles. The fourth-order valence-corrected chi connectivity index (χ4v) is 8.10. The molecule has 48 heavy (non-hydrogen) atoms. The van der Waals surface area contributed by atoms with Gasteiger partial charge in [0.05, 0.1) is 22.3 Å². The minimum atomic E-state index is 1.07. The number of nitrogens with zero attached hydrogens (tertiary/aromatic N) is 2. The van der Waals surface area contributed by atoms with Crippen molar-refractivity contribution in [2.75, 3.05) is 4.90 Å². The SMILES string of the molecule is c1ccc(-c2ccc(-c3ccc(N(c4ccccc4-c4ccccc4)c4cncc5c4sc4c6ccccc6ccc54)cc3)cc2)cc1. The summed E-state index contributed by atoms with van der Waals surface area (Å²) in [5, 5.41) is 4.95. The van der Waals surface area contributed by atoms with E-state index >= 15 is 0 Å². The zero-order chi connectivity index (χ0) is 31.9. The highest BCUT2D eigenvalue weighted by Gasteiger charge is 2.22. The van der Waals surface area contributed by atoms with Gasteiger partial charge in [-0.1, -0.05) is 152 Å². The molecule has 0 N–H and O–H groups in total. The second kappa shape index (κ2) is 12.0. The Balaban J connectivity index is 1.21. The Morgan fingerprint density at radius 1 is 0.375 bits per heavy atom. The molecule has 0 aliphatic carbocycles. The molecular weight excluding hydrogens is 601 g/mol. The fourth-order valence-electron chi connectivity index (χ4n) is 6.79. The molecule has 0 fully saturated rings. The summed E-state index contributed by atoms with van der Waals surface area (Å²) >= 11 is 1.85. The van der Waals surface area contributed by atoms with Gasteiger partial charge >= 0.3 is 0 Å². The van der Waals surface area contributed by atoms with Gasteiger partial charge in [-0.25, -0.2) is 0 Å². The van der Waals surface area contributed by atoms with E-state index in [1.54, 1.807) is 0 Å². The summed E-state index contributed by atoms with van der Waals surface area (Å²) < 4.78 is 2.52. The van der Waals surface area contributed by atoms with Crippen LogP contribution < -0.4 is 4.90 Å². The van der Waals surface area contributed by atoms with Crippen molar-refractivity contribution in [3.8, 4) is 33.4 Å². The van der Waals surface area contributed by atoms with Crippen LogP contribution in [0.3, 0.4) is 0 Å². The fraction of sp³-hybridized carbons (Fsp3) is 0. The molecule has 9 aromatic rings. The number of hydrogen-bond donors (Lipinski definition) is 0. The summed E-state index contributed by atoms with van der Waals surface area (Å²) in [5.41, 5.74) is 10.4. The van der Waals surface area contributed by atoms with Crippen molar-refractivity contribution in [2.24, 2.45) is 0 Å². The monoisotopic (exact) mass is 630 g/mol. The number of thiophene rings is 1. The molecular formula is C45H30N2S. The van der Waals surface area contributed by atoms with Crippen LogP contribution in [0.2, 0.25) is 0 Å². The van der Waals surface area contributed by atoms with Crippen molar-refractivity contribution >= 4 is 59.3 Å². The Labute approximate surface area is 283 Å². The first-order valence-electron chi connectivity index (χ1n) is 16.2. The third-order valence-electron chi connectivity index (χ3n) is 9.17. The van der Waals surface area contributed by atoms with Crippen molar-refractivity contribution < 1.29 is 0 Å². The van der Waals surface area contributed by atoms with Crippen molar-refractivity contribution in [1.29, 1.82) is 0 Å². The summed E-state index contributed by atoms with van der Waals surface area (Å²) in [6.07, 6.45) is 4.05. The van der Waals surface area contributed by atoms with Crippen LogP contribution in [0.4, 0.5) is 17.1 Å². The van der Waals surface area contributed by atoms with Gasteiger partial charge in [-0.3, -0.25) is 4.98 Å². The molecule has 0 radical (unpaired) electrons. The van der Waals surface area contributed by atoms with E-state index < -0.39 is 0 Å². The second-order valence-electron chi connectivity index (χ2n) is 12.0. The highest BCUT2D eigenvalue weighted by atomic mass is 32.1. The van der Waals surface area contributed by atoms with Gasteiger partial charge in [0, 0.05) is 32.9 Å². The van der Waals surface area contributed by atoms with Gasteiger partial charge in [-0.05, 0) is 56.8 Å². The minimum Gasteiger partial charge on any atom is -0.307 e. The molecule has 2 aromatic heterocycles. The van der Waals surface area contributed by atoms with Gasteiger partial charge in [0.15, 0.2) is 0 Å². The third-order valence-corrected chi connectivity index (χ3v) is 10.5. The van der Waals surface area contributed by atoms with Crippen LogP contribution in [-0.4, -0.2) is 4.98 Å². The number of pyridine rings is 1. The van der Waals surface area contributed by atoms with Crippen LogP contribution in [0.1, 0.15) is 0 Å². The lowest BCUT2D eigenvalue weighted by molar-refractivity contribution is 1.26. The van der Waals surface area contributed by atoms with Gasteiger partial charge < -0.3 is 4.90 Å². The number of aromatic nitrogens is 1. The number of para-hydroxylation sites is 1. The maximum absolute atomic E-state index is 4.85. The van der Waals surface area contributed by atoms with Crippen LogP contribution in [0, 0.1) is 0 Å².